The van der Waals surface area contributed by atoms with Crippen LogP contribution < -0.4 is 4.90 Å². The summed E-state index contributed by atoms with van der Waals surface area (Å²) in [5.74, 6) is -6.15. The highest BCUT2D eigenvalue weighted by Crippen LogP contribution is 2.33. The highest BCUT2D eigenvalue weighted by molar-refractivity contribution is 6.79. The first-order valence-electron chi connectivity index (χ1n) is 16.6. The van der Waals surface area contributed by atoms with Gasteiger partial charge in [-0.25, -0.2) is 8.78 Å². The lowest BCUT2D eigenvalue weighted by Crippen LogP contribution is -3.07. The van der Waals surface area contributed by atoms with Gasteiger partial charge >= 0.3 is 0 Å². The van der Waals surface area contributed by atoms with Crippen molar-refractivity contribution in [3.8, 4) is 0 Å². The number of benzene rings is 1. The van der Waals surface area contributed by atoms with Gasteiger partial charge in [0.05, 0.1) is 6.54 Å². The summed E-state index contributed by atoms with van der Waals surface area (Å²) in [6.07, 6.45) is 24.5. The number of rotatable bonds is 22. The fourth-order valence-electron chi connectivity index (χ4n) is 6.03. The van der Waals surface area contributed by atoms with Crippen molar-refractivity contribution in [1.29, 1.82) is 0 Å². The van der Waals surface area contributed by atoms with Crippen molar-refractivity contribution in [2.24, 2.45) is 0 Å². The third-order valence-electron chi connectivity index (χ3n) is 8.76. The highest BCUT2D eigenvalue weighted by Gasteiger charge is 2.30. The Bertz CT molecular complexity index is 707. The van der Waals surface area contributed by atoms with Gasteiger partial charge in [-0.2, -0.15) is 38.5 Å². The van der Waals surface area contributed by atoms with Crippen LogP contribution in [-0.2, 0) is 0 Å². The molecule has 0 aliphatic heterocycles. The molecule has 7 heteroatoms. The number of hydrogen-bond acceptors (Lipinski definition) is 0. The minimum absolute atomic E-state index is 0.00722. The number of alkyl halides is 1. The van der Waals surface area contributed by atoms with Crippen LogP contribution in [0.1, 0.15) is 136 Å². The molecular weight excluding hydrogens is 516 g/mol. The van der Waals surface area contributed by atoms with E-state index in [2.05, 4.69) is 34.6 Å². The molecule has 1 aromatic rings. The molecule has 0 heterocycles. The average Bonchev–Trinajstić information content (AvgIpc) is 2.97. The molecule has 0 aromatic heterocycles. The molecule has 0 bridgehead atoms. The fourth-order valence-corrected chi connectivity index (χ4v) is 6.03. The zero-order valence-corrected chi connectivity index (χ0v) is 26.8. The summed E-state index contributed by atoms with van der Waals surface area (Å²) in [5, 5.41) is 0. The molecule has 0 spiro atoms. The smallest absolute Gasteiger partial charge is 0.225 e. The summed E-state index contributed by atoms with van der Waals surface area (Å²) in [4.78, 5) is -0.143. The van der Waals surface area contributed by atoms with Gasteiger partial charge in [0.2, 0.25) is 24.1 Å². The molecule has 1 N–H and O–H groups in total. The van der Waals surface area contributed by atoms with Gasteiger partial charge in [0, 0.05) is 11.7 Å². The zero-order chi connectivity index (χ0) is 30.4. The van der Waals surface area contributed by atoms with Gasteiger partial charge in [0.1, 0.15) is 0 Å². The van der Waals surface area contributed by atoms with E-state index >= 15 is 0 Å². The van der Waals surface area contributed by atoms with E-state index in [0.717, 1.165) is 39.0 Å². The minimum atomic E-state index is -1.75. The second-order valence-electron chi connectivity index (χ2n) is 12.2. The van der Waals surface area contributed by atoms with Gasteiger partial charge in [-0.1, -0.05) is 118 Å². The molecule has 1 aromatic carbocycles. The first-order valence-corrected chi connectivity index (χ1v) is 16.6. The van der Waals surface area contributed by atoms with Crippen LogP contribution in [0.2, 0.25) is 25.3 Å². The molecule has 0 aliphatic carbocycles. The van der Waals surface area contributed by atoms with Crippen LogP contribution in [0.4, 0.5) is 27.6 Å². The van der Waals surface area contributed by atoms with Crippen molar-refractivity contribution in [3.05, 3.63) is 28.8 Å². The Balaban J connectivity index is 0.000000799. The summed E-state index contributed by atoms with van der Waals surface area (Å²) in [5.41, 5.74) is -1.36. The summed E-state index contributed by atoms with van der Waals surface area (Å²) >= 11 is 0. The second kappa shape index (κ2) is 23.5. The average molecular weight is 578 g/mol. The Hall–Kier alpha value is -1.11. The SMILES string of the molecule is CCCCCCCCC[NH+](CF)c1c(F)c(C)c(F)c(F)c1F.CCCC[B-](CCCC)(CCCC)CCCC. The van der Waals surface area contributed by atoms with E-state index in [1.807, 2.05) is 0 Å². The first-order chi connectivity index (χ1) is 19.2. The van der Waals surface area contributed by atoms with Crippen LogP contribution in [0.15, 0.2) is 0 Å². The highest BCUT2D eigenvalue weighted by atomic mass is 19.2. The van der Waals surface area contributed by atoms with E-state index in [-0.39, 0.29) is 17.6 Å². The molecule has 236 valence electrons. The molecule has 1 atom stereocenters. The molecular formula is C33H61BF5N. The van der Waals surface area contributed by atoms with Gasteiger partial charge in [-0.3, -0.25) is 4.90 Å². The topological polar surface area (TPSA) is 4.44 Å². The number of nitrogens with one attached hydrogen (secondary N) is 1. The lowest BCUT2D eigenvalue weighted by atomic mass is 9.17. The summed E-state index contributed by atoms with van der Waals surface area (Å²) in [7, 11) is 0. The van der Waals surface area contributed by atoms with Crippen molar-refractivity contribution >= 4 is 11.8 Å². The van der Waals surface area contributed by atoms with E-state index in [4.69, 9.17) is 0 Å². The quantitative estimate of drug-likeness (QED) is 0.0349. The monoisotopic (exact) mass is 577 g/mol. The van der Waals surface area contributed by atoms with Gasteiger partial charge in [0.25, 0.3) is 0 Å². The van der Waals surface area contributed by atoms with Crippen LogP contribution in [0, 0.1) is 30.2 Å². The van der Waals surface area contributed by atoms with E-state index in [9.17, 15) is 22.0 Å². The first kappa shape index (κ1) is 38.9. The Kier molecular flexibility index (Phi) is 22.8. The van der Waals surface area contributed by atoms with Gasteiger partial charge in [-0.15, -0.1) is 0 Å². The largest absolute Gasteiger partial charge is 0.271 e. The van der Waals surface area contributed by atoms with Gasteiger partial charge in [-0.05, 0) is 19.8 Å². The molecule has 40 heavy (non-hydrogen) atoms. The molecule has 1 unspecified atom stereocenters. The maximum atomic E-state index is 14.0. The van der Waals surface area contributed by atoms with Crippen molar-refractivity contribution in [1.82, 2.24) is 0 Å². The van der Waals surface area contributed by atoms with Crippen LogP contribution in [0.25, 0.3) is 0 Å². The van der Waals surface area contributed by atoms with E-state index in [0.29, 0.717) is 6.42 Å². The number of halogens is 5. The summed E-state index contributed by atoms with van der Waals surface area (Å²) in [6, 6.07) is 0. The van der Waals surface area contributed by atoms with Crippen LogP contribution in [0.3, 0.4) is 0 Å². The predicted octanol–water partition coefficient (Wildman–Crippen LogP) is 11.4. The van der Waals surface area contributed by atoms with Crippen LogP contribution in [0.5, 0.6) is 0 Å². The number of quaternary nitrogens is 1. The fraction of sp³-hybridized carbons (Fsp3) is 0.818. The second-order valence-corrected chi connectivity index (χ2v) is 12.2. The zero-order valence-electron chi connectivity index (χ0n) is 26.8. The summed E-state index contributed by atoms with van der Waals surface area (Å²) in [6.45, 7) is 11.6. The Labute approximate surface area is 244 Å². The van der Waals surface area contributed by atoms with Gasteiger partial charge in [0.15, 0.2) is 11.6 Å². The van der Waals surface area contributed by atoms with E-state index in [1.165, 1.54) is 57.8 Å². The number of unbranched alkanes of at least 4 members (excludes halogenated alkanes) is 10. The molecule has 0 aliphatic rings. The maximum Gasteiger partial charge on any atom is 0.225 e. The van der Waals surface area contributed by atoms with Crippen molar-refractivity contribution in [2.45, 2.75) is 163 Å². The van der Waals surface area contributed by atoms with Crippen molar-refractivity contribution in [3.63, 3.8) is 0 Å². The van der Waals surface area contributed by atoms with Crippen LogP contribution in [-0.4, -0.2) is 19.5 Å². The van der Waals surface area contributed by atoms with E-state index in [1.54, 1.807) is 25.3 Å². The standard InChI is InChI=1S/C17H24F5N.C16H36B/c1-3-4-5-6-7-8-9-10-23(11-18)17-14(20)12(2)13(19)15(21)16(17)22;1-5-9-13-17(14-10-6-2,15-11-7-3)16-12-8-4/h3-11H2,1-2H3;5-16H2,1-4H3/q;-1/p+1. The molecule has 0 saturated carbocycles. The molecule has 0 radical (unpaired) electrons. The molecule has 0 saturated heterocycles. The molecule has 0 amide bonds. The maximum absolute atomic E-state index is 14.0. The summed E-state index contributed by atoms with van der Waals surface area (Å²) < 4.78 is 67.7. The van der Waals surface area contributed by atoms with Gasteiger partial charge < -0.3 is 0 Å². The lowest BCUT2D eigenvalue weighted by molar-refractivity contribution is -0.849. The third-order valence-corrected chi connectivity index (χ3v) is 8.76. The number of hydrogen-bond donors (Lipinski definition) is 1. The molecule has 1 nitrogen and oxygen atoms in total. The Morgan fingerprint density at radius 1 is 0.500 bits per heavy atom. The normalized spacial score (nSPS) is 12.4. The predicted molar refractivity (Wildman–Crippen MR) is 165 cm³/mol. The van der Waals surface area contributed by atoms with Crippen molar-refractivity contribution < 1.29 is 26.9 Å². The Morgan fingerprint density at radius 2 is 0.900 bits per heavy atom. The van der Waals surface area contributed by atoms with Crippen molar-refractivity contribution in [2.75, 3.05) is 13.3 Å². The Morgan fingerprint density at radius 3 is 1.30 bits per heavy atom. The molecule has 1 rings (SSSR count). The third kappa shape index (κ3) is 14.2. The minimum Gasteiger partial charge on any atom is -0.271 e. The van der Waals surface area contributed by atoms with E-state index < -0.39 is 41.3 Å². The lowest BCUT2D eigenvalue weighted by Gasteiger charge is -2.40. The van der Waals surface area contributed by atoms with Crippen LogP contribution >= 0.6 is 0 Å². The molecule has 0 fully saturated rings.